The molecule has 0 fully saturated rings. The van der Waals surface area contributed by atoms with Crippen LogP contribution in [0.1, 0.15) is 23.5 Å². The highest BCUT2D eigenvalue weighted by atomic mass is 16.2. The number of carbonyl (C=O) groups excluding carboxylic acids is 2. The second-order valence-corrected chi connectivity index (χ2v) is 6.62. The van der Waals surface area contributed by atoms with E-state index >= 15 is 0 Å². The maximum atomic E-state index is 12.2. The molecule has 1 aliphatic rings. The van der Waals surface area contributed by atoms with Crippen molar-refractivity contribution in [2.75, 3.05) is 30.8 Å². The molecule has 2 amide bonds. The summed E-state index contributed by atoms with van der Waals surface area (Å²) < 4.78 is 0. The van der Waals surface area contributed by atoms with Crippen LogP contribution in [0.5, 0.6) is 0 Å². The number of anilines is 2. The van der Waals surface area contributed by atoms with Gasteiger partial charge in [-0.05, 0) is 29.8 Å². The van der Waals surface area contributed by atoms with Gasteiger partial charge in [0.25, 0.3) is 0 Å². The molecule has 4 N–H and O–H groups in total. The normalized spacial score (nSPS) is 15.5. The van der Waals surface area contributed by atoms with Crippen molar-refractivity contribution in [2.45, 2.75) is 12.3 Å². The van der Waals surface area contributed by atoms with E-state index in [0.717, 1.165) is 11.3 Å². The number of nitrogens with one attached hydrogen (secondary N) is 4. The molecule has 7 heteroatoms. The summed E-state index contributed by atoms with van der Waals surface area (Å²) in [5, 5.41) is 11.8. The number of para-hydroxylation sites is 1. The average molecular weight is 389 g/mol. The third kappa shape index (κ3) is 5.36. The first-order chi connectivity index (χ1) is 14.1. The van der Waals surface area contributed by atoms with Gasteiger partial charge in [0.15, 0.2) is 5.96 Å². The average Bonchev–Trinajstić information content (AvgIpc) is 2.73. The second-order valence-electron chi connectivity index (χ2n) is 6.62. The standard InChI is InChI=1S/C22H23N5O2/c1-3-15-7-6-8-17(11-15)26-21(29)14-25-22(23-2)24-13-16-12-20(28)27-19-10-5-4-9-18(16)19/h1,4-11,16H,12-14H2,2H3,(H,26,29)(H,27,28)(H2,23,24,25). The van der Waals surface area contributed by atoms with Gasteiger partial charge in [-0.15, -0.1) is 6.42 Å². The number of fused-ring (bicyclic) bond motifs is 1. The lowest BCUT2D eigenvalue weighted by molar-refractivity contribution is -0.117. The van der Waals surface area contributed by atoms with E-state index in [4.69, 9.17) is 6.42 Å². The molecule has 0 aliphatic carbocycles. The zero-order valence-corrected chi connectivity index (χ0v) is 16.2. The maximum Gasteiger partial charge on any atom is 0.243 e. The Kier molecular flexibility index (Phi) is 6.48. The van der Waals surface area contributed by atoms with E-state index in [1.807, 2.05) is 24.3 Å². The minimum atomic E-state index is -0.218. The summed E-state index contributed by atoms with van der Waals surface area (Å²) in [6.45, 7) is 0.567. The number of hydrogen-bond donors (Lipinski definition) is 4. The van der Waals surface area contributed by atoms with Gasteiger partial charge in [-0.3, -0.25) is 14.6 Å². The van der Waals surface area contributed by atoms with Crippen molar-refractivity contribution >= 4 is 29.1 Å². The zero-order valence-electron chi connectivity index (χ0n) is 16.2. The highest BCUT2D eigenvalue weighted by molar-refractivity contribution is 5.96. The Morgan fingerprint density at radius 1 is 1.24 bits per heavy atom. The van der Waals surface area contributed by atoms with Crippen LogP contribution >= 0.6 is 0 Å². The first-order valence-corrected chi connectivity index (χ1v) is 9.29. The summed E-state index contributed by atoms with van der Waals surface area (Å²) in [6.07, 6.45) is 5.77. The molecule has 0 spiro atoms. The molecule has 1 aliphatic heterocycles. The quantitative estimate of drug-likeness (QED) is 0.357. The fourth-order valence-electron chi connectivity index (χ4n) is 3.18. The molecule has 0 aromatic heterocycles. The Labute approximate surface area is 170 Å². The molecule has 148 valence electrons. The number of hydrogen-bond acceptors (Lipinski definition) is 3. The minimum absolute atomic E-state index is 0.00739. The van der Waals surface area contributed by atoms with Crippen LogP contribution in [-0.2, 0) is 9.59 Å². The van der Waals surface area contributed by atoms with E-state index in [9.17, 15) is 9.59 Å². The minimum Gasteiger partial charge on any atom is -0.356 e. The van der Waals surface area contributed by atoms with Gasteiger partial charge in [-0.25, -0.2) is 0 Å². The second kappa shape index (κ2) is 9.42. The van der Waals surface area contributed by atoms with Gasteiger partial charge in [0, 0.05) is 42.9 Å². The largest absolute Gasteiger partial charge is 0.356 e. The maximum absolute atomic E-state index is 12.2. The molecule has 0 radical (unpaired) electrons. The van der Waals surface area contributed by atoms with Crippen molar-refractivity contribution in [1.29, 1.82) is 0 Å². The SMILES string of the molecule is C#Cc1cccc(NC(=O)CNC(=NC)NCC2CC(=O)Nc3ccccc32)c1. The van der Waals surface area contributed by atoms with E-state index in [-0.39, 0.29) is 24.3 Å². The molecule has 2 aromatic rings. The topological polar surface area (TPSA) is 94.6 Å². The lowest BCUT2D eigenvalue weighted by atomic mass is 9.90. The number of carbonyl (C=O) groups is 2. The van der Waals surface area contributed by atoms with Gasteiger partial charge >= 0.3 is 0 Å². The molecule has 0 saturated heterocycles. The summed E-state index contributed by atoms with van der Waals surface area (Å²) in [5.41, 5.74) is 3.26. The first-order valence-electron chi connectivity index (χ1n) is 9.29. The first kappa shape index (κ1) is 20.0. The number of terminal acetylenes is 1. The molecule has 29 heavy (non-hydrogen) atoms. The molecular formula is C22H23N5O2. The van der Waals surface area contributed by atoms with E-state index < -0.39 is 0 Å². The van der Waals surface area contributed by atoms with Gasteiger partial charge in [-0.2, -0.15) is 0 Å². The summed E-state index contributed by atoms with van der Waals surface area (Å²) in [4.78, 5) is 28.3. The predicted molar refractivity (Wildman–Crippen MR) is 115 cm³/mol. The van der Waals surface area contributed by atoms with E-state index in [1.54, 1.807) is 31.3 Å². The summed E-state index contributed by atoms with van der Waals surface area (Å²) in [5.74, 6) is 2.82. The number of aliphatic imine (C=N–C) groups is 1. The molecule has 0 bridgehead atoms. The monoisotopic (exact) mass is 389 g/mol. The van der Waals surface area contributed by atoms with Crippen molar-refractivity contribution in [1.82, 2.24) is 10.6 Å². The Balaban J connectivity index is 1.52. The zero-order chi connectivity index (χ0) is 20.6. The Morgan fingerprint density at radius 3 is 2.86 bits per heavy atom. The summed E-state index contributed by atoms with van der Waals surface area (Å²) in [6, 6.07) is 14.8. The Hall–Kier alpha value is -3.79. The molecule has 1 heterocycles. The highest BCUT2D eigenvalue weighted by Crippen LogP contribution is 2.31. The third-order valence-electron chi connectivity index (χ3n) is 4.58. The molecule has 1 unspecified atom stereocenters. The van der Waals surface area contributed by atoms with Crippen molar-refractivity contribution < 1.29 is 9.59 Å². The smallest absolute Gasteiger partial charge is 0.243 e. The van der Waals surface area contributed by atoms with Gasteiger partial charge < -0.3 is 21.3 Å². The highest BCUT2D eigenvalue weighted by Gasteiger charge is 2.24. The van der Waals surface area contributed by atoms with Crippen LogP contribution in [-0.4, -0.2) is 37.9 Å². The van der Waals surface area contributed by atoms with Crippen LogP contribution < -0.4 is 21.3 Å². The number of guanidine groups is 1. The Morgan fingerprint density at radius 2 is 2.07 bits per heavy atom. The van der Waals surface area contributed by atoms with Crippen LogP contribution in [0.25, 0.3) is 0 Å². The molecular weight excluding hydrogens is 366 g/mol. The molecule has 7 nitrogen and oxygen atoms in total. The van der Waals surface area contributed by atoms with Gasteiger partial charge in [0.05, 0.1) is 6.54 Å². The molecule has 1 atom stereocenters. The molecule has 3 rings (SSSR count). The Bertz CT molecular complexity index is 977. The van der Waals surface area contributed by atoms with Gasteiger partial charge in [0.1, 0.15) is 0 Å². The van der Waals surface area contributed by atoms with Gasteiger partial charge in [-0.1, -0.05) is 30.2 Å². The van der Waals surface area contributed by atoms with Crippen LogP contribution in [0.15, 0.2) is 53.5 Å². The van der Waals surface area contributed by atoms with Crippen molar-refractivity contribution in [2.24, 2.45) is 4.99 Å². The van der Waals surface area contributed by atoms with E-state index in [0.29, 0.717) is 30.2 Å². The van der Waals surface area contributed by atoms with Crippen molar-refractivity contribution in [3.05, 3.63) is 59.7 Å². The fourth-order valence-corrected chi connectivity index (χ4v) is 3.18. The van der Waals surface area contributed by atoms with Crippen molar-refractivity contribution in [3.8, 4) is 12.3 Å². The van der Waals surface area contributed by atoms with E-state index in [1.165, 1.54) is 0 Å². The molecule has 2 aromatic carbocycles. The van der Waals surface area contributed by atoms with Crippen molar-refractivity contribution in [3.63, 3.8) is 0 Å². The molecule has 0 saturated carbocycles. The summed E-state index contributed by atoms with van der Waals surface area (Å²) in [7, 11) is 1.63. The third-order valence-corrected chi connectivity index (χ3v) is 4.58. The number of benzene rings is 2. The lowest BCUT2D eigenvalue weighted by Gasteiger charge is -2.26. The van der Waals surface area contributed by atoms with Crippen LogP contribution in [0.2, 0.25) is 0 Å². The number of nitrogens with zero attached hydrogens (tertiary/aromatic N) is 1. The summed E-state index contributed by atoms with van der Waals surface area (Å²) >= 11 is 0. The fraction of sp³-hybridized carbons (Fsp3) is 0.227. The van der Waals surface area contributed by atoms with E-state index in [2.05, 4.69) is 32.2 Å². The van der Waals surface area contributed by atoms with Gasteiger partial charge in [0.2, 0.25) is 11.8 Å². The van der Waals surface area contributed by atoms with Crippen LogP contribution in [0.4, 0.5) is 11.4 Å². The lowest BCUT2D eigenvalue weighted by Crippen LogP contribution is -2.43. The van der Waals surface area contributed by atoms with Crippen LogP contribution in [0.3, 0.4) is 0 Å². The van der Waals surface area contributed by atoms with Crippen LogP contribution in [0, 0.1) is 12.3 Å². The number of amides is 2. The predicted octanol–water partition coefficient (Wildman–Crippen LogP) is 1.90. The number of rotatable bonds is 5.